The molecule has 1 saturated heterocycles. The van der Waals surface area contributed by atoms with Gasteiger partial charge in [0.1, 0.15) is 0 Å². The summed E-state index contributed by atoms with van der Waals surface area (Å²) < 4.78 is 0. The number of hydrogen-bond acceptors (Lipinski definition) is 2. The summed E-state index contributed by atoms with van der Waals surface area (Å²) in [6, 6.07) is 18.2. The van der Waals surface area contributed by atoms with E-state index in [-0.39, 0.29) is 11.8 Å². The first-order valence-electron chi connectivity index (χ1n) is 10.7. The molecule has 2 aromatic rings. The number of nitrogens with one attached hydrogen (secondary N) is 3. The molecular formula is C24H30N3O2+. The summed E-state index contributed by atoms with van der Waals surface area (Å²) in [4.78, 5) is 26.3. The fourth-order valence-electron chi connectivity index (χ4n) is 4.12. The van der Waals surface area contributed by atoms with Gasteiger partial charge in [-0.1, -0.05) is 42.5 Å². The average molecular weight is 393 g/mol. The van der Waals surface area contributed by atoms with E-state index in [2.05, 4.69) is 41.0 Å². The number of likely N-dealkylation sites (tertiary alicyclic amines) is 1. The summed E-state index contributed by atoms with van der Waals surface area (Å²) in [6.07, 6.45) is 5.52. The van der Waals surface area contributed by atoms with Crippen molar-refractivity contribution in [3.63, 3.8) is 0 Å². The van der Waals surface area contributed by atoms with Crippen LogP contribution in [0.3, 0.4) is 0 Å². The molecule has 0 bridgehead atoms. The fraction of sp³-hybridized carbons (Fsp3) is 0.417. The summed E-state index contributed by atoms with van der Waals surface area (Å²) in [5.41, 5.74) is 2.55. The maximum atomic E-state index is 12.6. The van der Waals surface area contributed by atoms with Gasteiger partial charge in [-0.3, -0.25) is 9.59 Å². The number of quaternary nitrogens is 1. The van der Waals surface area contributed by atoms with Gasteiger partial charge in [-0.15, -0.1) is 0 Å². The third-order valence-electron chi connectivity index (χ3n) is 5.95. The molecule has 1 aliphatic carbocycles. The van der Waals surface area contributed by atoms with Crippen molar-refractivity contribution in [1.29, 1.82) is 0 Å². The number of benzene rings is 2. The van der Waals surface area contributed by atoms with Crippen molar-refractivity contribution in [3.05, 3.63) is 65.7 Å². The third kappa shape index (κ3) is 5.67. The lowest BCUT2D eigenvalue weighted by Crippen LogP contribution is -3.14. The van der Waals surface area contributed by atoms with Crippen LogP contribution in [0.25, 0.3) is 0 Å². The van der Waals surface area contributed by atoms with Crippen molar-refractivity contribution in [2.24, 2.45) is 5.92 Å². The first-order valence-corrected chi connectivity index (χ1v) is 10.7. The van der Waals surface area contributed by atoms with Crippen LogP contribution >= 0.6 is 0 Å². The Morgan fingerprint density at radius 3 is 2.31 bits per heavy atom. The monoisotopic (exact) mass is 392 g/mol. The van der Waals surface area contributed by atoms with Gasteiger partial charge >= 0.3 is 0 Å². The minimum Gasteiger partial charge on any atom is -0.349 e. The molecule has 1 saturated carbocycles. The predicted molar refractivity (Wildman–Crippen MR) is 114 cm³/mol. The molecule has 0 unspecified atom stereocenters. The lowest BCUT2D eigenvalue weighted by molar-refractivity contribution is -0.898. The van der Waals surface area contributed by atoms with Crippen molar-refractivity contribution >= 4 is 17.5 Å². The normalized spacial score (nSPS) is 21.4. The van der Waals surface area contributed by atoms with Gasteiger partial charge in [0.2, 0.25) is 0 Å². The molecule has 152 valence electrons. The van der Waals surface area contributed by atoms with Crippen LogP contribution in [0, 0.1) is 5.92 Å². The number of piperidine rings is 1. The maximum Gasteiger partial charge on any atom is 0.279 e. The van der Waals surface area contributed by atoms with E-state index in [4.69, 9.17) is 0 Å². The Morgan fingerprint density at radius 2 is 1.59 bits per heavy atom. The summed E-state index contributed by atoms with van der Waals surface area (Å²) in [6.45, 7) is 2.50. The molecular weight excluding hydrogens is 362 g/mol. The second kappa shape index (κ2) is 9.23. The Kier molecular flexibility index (Phi) is 6.25. The van der Waals surface area contributed by atoms with Crippen LogP contribution < -0.4 is 15.5 Å². The zero-order valence-electron chi connectivity index (χ0n) is 16.8. The predicted octanol–water partition coefficient (Wildman–Crippen LogP) is 2.05. The van der Waals surface area contributed by atoms with Gasteiger partial charge in [-0.2, -0.15) is 0 Å². The van der Waals surface area contributed by atoms with Gasteiger partial charge in [0, 0.05) is 6.04 Å². The third-order valence-corrected chi connectivity index (χ3v) is 5.95. The maximum absolute atomic E-state index is 12.6. The minimum atomic E-state index is -0.0996. The molecule has 2 aromatic carbocycles. The molecule has 0 aromatic heterocycles. The Bertz CT molecular complexity index is 840. The Morgan fingerprint density at radius 1 is 0.897 bits per heavy atom. The first-order chi connectivity index (χ1) is 14.2. The number of amides is 2. The van der Waals surface area contributed by atoms with E-state index in [1.165, 1.54) is 10.5 Å². The average Bonchev–Trinajstić information content (AvgIpc) is 3.54. The highest BCUT2D eigenvalue weighted by Gasteiger charge is 2.26. The molecule has 1 aliphatic heterocycles. The quantitative estimate of drug-likeness (QED) is 0.675. The second-order valence-corrected chi connectivity index (χ2v) is 8.40. The molecule has 0 spiro atoms. The van der Waals surface area contributed by atoms with E-state index in [0.29, 0.717) is 29.8 Å². The molecule has 5 nitrogen and oxygen atoms in total. The lowest BCUT2D eigenvalue weighted by atomic mass is 9.90. The number of para-hydroxylation sites is 1. The van der Waals surface area contributed by atoms with Gasteiger partial charge in [-0.25, -0.2) is 0 Å². The van der Waals surface area contributed by atoms with Gasteiger partial charge in [-0.05, 0) is 55.7 Å². The topological polar surface area (TPSA) is 62.6 Å². The number of anilines is 1. The van der Waals surface area contributed by atoms with Gasteiger partial charge < -0.3 is 15.5 Å². The first kappa shape index (κ1) is 19.6. The van der Waals surface area contributed by atoms with Crippen LogP contribution in [0.15, 0.2) is 54.6 Å². The number of carbonyl (C=O) groups excluding carboxylic acids is 2. The number of hydrogen-bond donors (Lipinski definition) is 3. The molecule has 1 heterocycles. The standard InChI is InChI=1S/C24H29N3O2/c28-23(26-22-9-5-4-8-21(22)24(29)25-20-10-11-20)17-27-14-12-19(13-15-27)16-18-6-2-1-3-7-18/h1-9,19-20H,10-17H2,(H,25,29)(H,26,28)/p+1. The molecule has 3 N–H and O–H groups in total. The van der Waals surface area contributed by atoms with Crippen molar-refractivity contribution in [3.8, 4) is 0 Å². The second-order valence-electron chi connectivity index (χ2n) is 8.40. The number of rotatable bonds is 7. The van der Waals surface area contributed by atoms with Crippen molar-refractivity contribution in [2.75, 3.05) is 25.0 Å². The van der Waals surface area contributed by atoms with Crippen LogP contribution in [-0.4, -0.2) is 37.5 Å². The summed E-state index contributed by atoms with van der Waals surface area (Å²) >= 11 is 0. The Balaban J connectivity index is 1.26. The van der Waals surface area contributed by atoms with E-state index >= 15 is 0 Å². The molecule has 2 aliphatic rings. The molecule has 0 atom stereocenters. The smallest absolute Gasteiger partial charge is 0.279 e. The van der Waals surface area contributed by atoms with Crippen LogP contribution in [0.4, 0.5) is 5.69 Å². The zero-order chi connectivity index (χ0) is 20.1. The number of carbonyl (C=O) groups is 2. The fourth-order valence-corrected chi connectivity index (χ4v) is 4.12. The Hall–Kier alpha value is -2.66. The van der Waals surface area contributed by atoms with E-state index in [9.17, 15) is 9.59 Å². The Labute approximate surface area is 172 Å². The van der Waals surface area contributed by atoms with E-state index < -0.39 is 0 Å². The SMILES string of the molecule is O=C(C[NH+]1CCC(Cc2ccccc2)CC1)Nc1ccccc1C(=O)NC1CC1. The van der Waals surface area contributed by atoms with E-state index in [1.807, 2.05) is 12.1 Å². The zero-order valence-corrected chi connectivity index (χ0v) is 16.8. The largest absolute Gasteiger partial charge is 0.349 e. The molecule has 4 rings (SSSR count). The highest BCUT2D eigenvalue weighted by molar-refractivity contribution is 6.04. The molecule has 2 fully saturated rings. The van der Waals surface area contributed by atoms with Gasteiger partial charge in [0.05, 0.1) is 24.3 Å². The minimum absolute atomic E-state index is 0.0202. The summed E-state index contributed by atoms with van der Waals surface area (Å²) in [5, 5.41) is 5.96. The van der Waals surface area contributed by atoms with Gasteiger partial charge in [0.25, 0.3) is 11.8 Å². The van der Waals surface area contributed by atoms with Crippen molar-refractivity contribution in [2.45, 2.75) is 38.1 Å². The molecule has 2 amide bonds. The highest BCUT2D eigenvalue weighted by Crippen LogP contribution is 2.21. The van der Waals surface area contributed by atoms with Crippen molar-refractivity contribution in [1.82, 2.24) is 5.32 Å². The molecule has 5 heteroatoms. The van der Waals surface area contributed by atoms with E-state index in [0.717, 1.165) is 45.2 Å². The van der Waals surface area contributed by atoms with E-state index in [1.54, 1.807) is 12.1 Å². The van der Waals surface area contributed by atoms with Crippen LogP contribution in [0.1, 0.15) is 41.6 Å². The lowest BCUT2D eigenvalue weighted by Gasteiger charge is -2.29. The van der Waals surface area contributed by atoms with Crippen molar-refractivity contribution < 1.29 is 14.5 Å². The van der Waals surface area contributed by atoms with Crippen LogP contribution in [0.5, 0.6) is 0 Å². The van der Waals surface area contributed by atoms with Crippen LogP contribution in [0.2, 0.25) is 0 Å². The van der Waals surface area contributed by atoms with Gasteiger partial charge in [0.15, 0.2) is 6.54 Å². The summed E-state index contributed by atoms with van der Waals surface area (Å²) in [7, 11) is 0. The molecule has 29 heavy (non-hydrogen) atoms. The summed E-state index contributed by atoms with van der Waals surface area (Å²) in [5.74, 6) is 0.585. The highest BCUT2D eigenvalue weighted by atomic mass is 16.2. The van der Waals surface area contributed by atoms with Crippen LogP contribution in [-0.2, 0) is 11.2 Å². The molecule has 0 radical (unpaired) electrons.